The fourth-order valence-corrected chi connectivity index (χ4v) is 2.70. The van der Waals surface area contributed by atoms with E-state index in [-0.39, 0.29) is 17.5 Å². The number of amides is 3. The van der Waals surface area contributed by atoms with Gasteiger partial charge in [0.15, 0.2) is 0 Å². The topological polar surface area (TPSA) is 64.7 Å². The average molecular weight is 274 g/mol. The minimum Gasteiger partial charge on any atom is -0.378 e. The Morgan fingerprint density at radius 3 is 2.70 bits per heavy atom. The molecule has 0 saturated carbocycles. The molecule has 1 spiro atoms. The van der Waals surface area contributed by atoms with Crippen LogP contribution in [-0.2, 0) is 0 Å². The van der Waals surface area contributed by atoms with Crippen molar-refractivity contribution in [1.29, 1.82) is 0 Å². The van der Waals surface area contributed by atoms with Crippen molar-refractivity contribution in [2.45, 2.75) is 5.54 Å². The molecule has 2 aliphatic rings. The lowest BCUT2D eigenvalue weighted by molar-refractivity contribution is 0.0397. The molecule has 1 aromatic rings. The molecule has 0 unspecified atom stereocenters. The largest absolute Gasteiger partial charge is 0.378 e. The van der Waals surface area contributed by atoms with Crippen molar-refractivity contribution >= 4 is 17.6 Å². The van der Waals surface area contributed by atoms with Crippen molar-refractivity contribution in [3.63, 3.8) is 0 Å². The van der Waals surface area contributed by atoms with Crippen LogP contribution in [-0.4, -0.2) is 56.1 Å². The predicted octanol–water partition coefficient (Wildman–Crippen LogP) is 0.260. The molecule has 0 aromatic heterocycles. The summed E-state index contributed by atoms with van der Waals surface area (Å²) in [6.45, 7) is 1.72. The third-order valence-corrected chi connectivity index (χ3v) is 3.85. The van der Waals surface area contributed by atoms with Crippen LogP contribution in [0.4, 0.5) is 10.5 Å². The molecule has 2 N–H and O–H groups in total. The third-order valence-electron chi connectivity index (χ3n) is 3.85. The number of hydrogen-bond acceptors (Lipinski definition) is 3. The Hall–Kier alpha value is -2.24. The number of hydrogen-bond donors (Lipinski definition) is 2. The summed E-state index contributed by atoms with van der Waals surface area (Å²) in [5.74, 6) is 0.0143. The molecule has 106 valence electrons. The lowest BCUT2D eigenvalue weighted by Crippen LogP contribution is -2.70. The quantitative estimate of drug-likeness (QED) is 0.813. The normalized spacial score (nSPS) is 19.3. The van der Waals surface area contributed by atoms with Gasteiger partial charge in [-0.3, -0.25) is 4.79 Å². The number of carbonyl (C=O) groups is 2. The van der Waals surface area contributed by atoms with E-state index >= 15 is 0 Å². The lowest BCUT2D eigenvalue weighted by atomic mass is 9.90. The molecule has 6 heteroatoms. The Morgan fingerprint density at radius 2 is 2.10 bits per heavy atom. The van der Waals surface area contributed by atoms with Gasteiger partial charge in [0.05, 0.1) is 5.54 Å². The Labute approximate surface area is 117 Å². The molecule has 6 nitrogen and oxygen atoms in total. The molecule has 2 heterocycles. The average Bonchev–Trinajstić information content (AvgIpc) is 2.79. The smallest absolute Gasteiger partial charge is 0.315 e. The van der Waals surface area contributed by atoms with E-state index in [1.54, 1.807) is 4.90 Å². The molecule has 0 radical (unpaired) electrons. The summed E-state index contributed by atoms with van der Waals surface area (Å²) in [5, 5.41) is 5.62. The molecule has 2 fully saturated rings. The van der Waals surface area contributed by atoms with Gasteiger partial charge in [0.2, 0.25) is 0 Å². The maximum Gasteiger partial charge on any atom is 0.315 e. The predicted molar refractivity (Wildman–Crippen MR) is 75.9 cm³/mol. The molecule has 2 aliphatic heterocycles. The zero-order valence-corrected chi connectivity index (χ0v) is 11.6. The molecule has 20 heavy (non-hydrogen) atoms. The van der Waals surface area contributed by atoms with Crippen LogP contribution < -0.4 is 15.5 Å². The molecule has 3 amide bonds. The Bertz CT molecular complexity index is 564. The maximum atomic E-state index is 12.4. The first-order chi connectivity index (χ1) is 9.49. The van der Waals surface area contributed by atoms with Gasteiger partial charge in [0, 0.05) is 45.0 Å². The number of likely N-dealkylation sites (tertiary alicyclic amines) is 1. The van der Waals surface area contributed by atoms with Crippen molar-refractivity contribution in [3.05, 3.63) is 29.8 Å². The van der Waals surface area contributed by atoms with Crippen LogP contribution in [0.2, 0.25) is 0 Å². The summed E-state index contributed by atoms with van der Waals surface area (Å²) < 4.78 is 0. The van der Waals surface area contributed by atoms with E-state index in [1.807, 2.05) is 43.3 Å². The van der Waals surface area contributed by atoms with E-state index in [9.17, 15) is 9.59 Å². The van der Waals surface area contributed by atoms with E-state index in [2.05, 4.69) is 10.6 Å². The summed E-state index contributed by atoms with van der Waals surface area (Å²) >= 11 is 0. The van der Waals surface area contributed by atoms with Crippen molar-refractivity contribution in [2.75, 3.05) is 38.6 Å². The zero-order valence-electron chi connectivity index (χ0n) is 11.6. The highest BCUT2D eigenvalue weighted by Crippen LogP contribution is 2.25. The highest BCUT2D eigenvalue weighted by molar-refractivity contribution is 5.96. The van der Waals surface area contributed by atoms with Crippen LogP contribution in [0.15, 0.2) is 24.3 Å². The monoisotopic (exact) mass is 274 g/mol. The Balaban J connectivity index is 1.69. The first kappa shape index (κ1) is 12.8. The summed E-state index contributed by atoms with van der Waals surface area (Å²) in [7, 11) is 3.89. The van der Waals surface area contributed by atoms with Gasteiger partial charge in [-0.05, 0) is 18.2 Å². The number of rotatable bonds is 2. The highest BCUT2D eigenvalue weighted by atomic mass is 16.2. The minimum absolute atomic E-state index is 0.0143. The van der Waals surface area contributed by atoms with Crippen molar-refractivity contribution < 1.29 is 9.59 Å². The molecule has 0 aliphatic carbocycles. The van der Waals surface area contributed by atoms with Gasteiger partial charge in [-0.2, -0.15) is 0 Å². The second-order valence-electron chi connectivity index (χ2n) is 5.69. The van der Waals surface area contributed by atoms with Crippen LogP contribution in [0.1, 0.15) is 10.4 Å². The molecule has 0 bridgehead atoms. The Kier molecular flexibility index (Phi) is 2.81. The molecular weight excluding hydrogens is 256 g/mol. The zero-order chi connectivity index (χ0) is 14.3. The van der Waals surface area contributed by atoms with Crippen molar-refractivity contribution in [3.8, 4) is 0 Å². The number of benzene rings is 1. The van der Waals surface area contributed by atoms with Crippen LogP contribution in [0, 0.1) is 0 Å². The van der Waals surface area contributed by atoms with Gasteiger partial charge in [-0.25, -0.2) is 4.79 Å². The minimum atomic E-state index is -0.258. The fraction of sp³-hybridized carbons (Fsp3) is 0.429. The summed E-state index contributed by atoms with van der Waals surface area (Å²) in [6, 6.07) is 7.42. The van der Waals surface area contributed by atoms with Crippen LogP contribution in [0.3, 0.4) is 0 Å². The van der Waals surface area contributed by atoms with Gasteiger partial charge in [-0.1, -0.05) is 6.07 Å². The van der Waals surface area contributed by atoms with Gasteiger partial charge in [-0.15, -0.1) is 0 Å². The third kappa shape index (κ3) is 2.07. The van der Waals surface area contributed by atoms with Gasteiger partial charge in [0.1, 0.15) is 0 Å². The first-order valence-corrected chi connectivity index (χ1v) is 6.62. The van der Waals surface area contributed by atoms with Crippen LogP contribution >= 0.6 is 0 Å². The van der Waals surface area contributed by atoms with Gasteiger partial charge >= 0.3 is 6.03 Å². The van der Waals surface area contributed by atoms with Crippen molar-refractivity contribution in [1.82, 2.24) is 15.5 Å². The fourth-order valence-electron chi connectivity index (χ4n) is 2.70. The number of anilines is 1. The van der Waals surface area contributed by atoms with Gasteiger partial charge in [0.25, 0.3) is 5.91 Å². The number of nitrogens with one attached hydrogen (secondary N) is 2. The van der Waals surface area contributed by atoms with Gasteiger partial charge < -0.3 is 20.4 Å². The highest BCUT2D eigenvalue weighted by Gasteiger charge is 2.49. The number of nitrogens with zero attached hydrogens (tertiary/aromatic N) is 2. The molecular formula is C14H18N4O2. The summed E-state index contributed by atoms with van der Waals surface area (Å²) in [4.78, 5) is 27.3. The second-order valence-corrected chi connectivity index (χ2v) is 5.69. The SMILES string of the molecule is CN(C)c1cccc(C(=O)N2CC3(CNC(=O)N3)C2)c1. The standard InChI is InChI=1S/C14H18N4O2/c1-17(2)11-5-3-4-10(6-11)12(19)18-8-14(9-18)7-15-13(20)16-14/h3-6H,7-9H2,1-2H3,(H2,15,16,20). The van der Waals surface area contributed by atoms with Crippen LogP contribution in [0.5, 0.6) is 0 Å². The summed E-state index contributed by atoms with van der Waals surface area (Å²) in [5.41, 5.74) is 1.43. The molecule has 2 saturated heterocycles. The number of urea groups is 1. The first-order valence-electron chi connectivity index (χ1n) is 6.62. The van der Waals surface area contributed by atoms with E-state index in [4.69, 9.17) is 0 Å². The van der Waals surface area contributed by atoms with E-state index in [1.165, 1.54) is 0 Å². The Morgan fingerprint density at radius 1 is 1.35 bits per heavy atom. The molecule has 3 rings (SSSR count). The van der Waals surface area contributed by atoms with E-state index in [0.29, 0.717) is 25.2 Å². The van der Waals surface area contributed by atoms with E-state index < -0.39 is 0 Å². The van der Waals surface area contributed by atoms with Crippen molar-refractivity contribution in [2.24, 2.45) is 0 Å². The second kappa shape index (κ2) is 4.40. The molecule has 1 aromatic carbocycles. The summed E-state index contributed by atoms with van der Waals surface area (Å²) in [6.07, 6.45) is 0. The van der Waals surface area contributed by atoms with Crippen LogP contribution in [0.25, 0.3) is 0 Å². The molecule has 0 atom stereocenters. The van der Waals surface area contributed by atoms with E-state index in [0.717, 1.165) is 5.69 Å². The lowest BCUT2D eigenvalue weighted by Gasteiger charge is -2.46. The number of carbonyl (C=O) groups excluding carboxylic acids is 2. The maximum absolute atomic E-state index is 12.4.